The molecule has 156 valence electrons. The van der Waals surface area contributed by atoms with Crippen LogP contribution in [-0.2, 0) is 10.2 Å². The lowest BCUT2D eigenvalue weighted by molar-refractivity contribution is -0.122. The van der Waals surface area contributed by atoms with Gasteiger partial charge in [0.25, 0.3) is 0 Å². The molecule has 3 nitrogen and oxygen atoms in total. The summed E-state index contributed by atoms with van der Waals surface area (Å²) in [5.41, 5.74) is 3.31. The van der Waals surface area contributed by atoms with Crippen molar-refractivity contribution in [3.63, 3.8) is 0 Å². The van der Waals surface area contributed by atoms with Crippen LogP contribution in [0.1, 0.15) is 68.6 Å². The van der Waals surface area contributed by atoms with E-state index in [1.54, 1.807) is 0 Å². The third-order valence-electron chi connectivity index (χ3n) is 5.99. The van der Waals surface area contributed by atoms with Crippen LogP contribution in [0.3, 0.4) is 0 Å². The highest BCUT2D eigenvalue weighted by molar-refractivity contribution is 6.31. The molecule has 1 fully saturated rings. The van der Waals surface area contributed by atoms with E-state index in [4.69, 9.17) is 16.3 Å². The number of carbonyl (C=O) groups is 1. The number of nitrogens with one attached hydrogen (secondary N) is 1. The molecule has 0 heterocycles. The second-order valence-electron chi connectivity index (χ2n) is 8.22. The van der Waals surface area contributed by atoms with Crippen LogP contribution in [0.15, 0.2) is 36.4 Å². The van der Waals surface area contributed by atoms with Crippen molar-refractivity contribution in [3.8, 4) is 5.75 Å². The molecule has 0 aliphatic heterocycles. The van der Waals surface area contributed by atoms with Crippen molar-refractivity contribution in [2.45, 2.75) is 71.1 Å². The minimum absolute atomic E-state index is 0.0451. The highest BCUT2D eigenvalue weighted by Gasteiger charge is 2.42. The fraction of sp³-hybridized carbons (Fsp3) is 0.480. The smallest absolute Gasteiger partial charge is 0.235 e. The van der Waals surface area contributed by atoms with Crippen LogP contribution < -0.4 is 10.1 Å². The van der Waals surface area contributed by atoms with E-state index in [0.717, 1.165) is 73.3 Å². The molecule has 1 aliphatic rings. The number of benzene rings is 2. The predicted octanol–water partition coefficient (Wildman–Crippen LogP) is 6.98. The van der Waals surface area contributed by atoms with Crippen LogP contribution >= 0.6 is 11.6 Å². The minimum atomic E-state index is -0.561. The van der Waals surface area contributed by atoms with E-state index in [1.165, 1.54) is 6.42 Å². The van der Waals surface area contributed by atoms with Gasteiger partial charge in [0.15, 0.2) is 0 Å². The average molecular weight is 414 g/mol. The predicted molar refractivity (Wildman–Crippen MR) is 121 cm³/mol. The number of carbonyl (C=O) groups excluding carboxylic acids is 1. The Bertz CT molecular complexity index is 833. The van der Waals surface area contributed by atoms with Gasteiger partial charge < -0.3 is 10.1 Å². The van der Waals surface area contributed by atoms with Gasteiger partial charge in [0.05, 0.1) is 12.0 Å². The van der Waals surface area contributed by atoms with Gasteiger partial charge >= 0.3 is 0 Å². The molecule has 1 amide bonds. The van der Waals surface area contributed by atoms with Crippen molar-refractivity contribution >= 4 is 23.2 Å². The highest BCUT2D eigenvalue weighted by Crippen LogP contribution is 2.43. The van der Waals surface area contributed by atoms with Gasteiger partial charge in [-0.15, -0.1) is 0 Å². The van der Waals surface area contributed by atoms with E-state index in [2.05, 4.69) is 12.2 Å². The molecule has 1 aliphatic carbocycles. The van der Waals surface area contributed by atoms with E-state index in [-0.39, 0.29) is 5.91 Å². The Balaban J connectivity index is 1.86. The fourth-order valence-electron chi connectivity index (χ4n) is 4.44. The van der Waals surface area contributed by atoms with Crippen LogP contribution in [0.25, 0.3) is 0 Å². The Morgan fingerprint density at radius 2 is 1.76 bits per heavy atom. The maximum Gasteiger partial charge on any atom is 0.235 e. The molecule has 2 aromatic carbocycles. The van der Waals surface area contributed by atoms with Gasteiger partial charge in [-0.25, -0.2) is 0 Å². The Morgan fingerprint density at radius 3 is 2.38 bits per heavy atom. The van der Waals surface area contributed by atoms with Crippen LogP contribution in [-0.4, -0.2) is 12.5 Å². The molecule has 1 N–H and O–H groups in total. The minimum Gasteiger partial charge on any atom is -0.493 e. The van der Waals surface area contributed by atoms with Gasteiger partial charge in [0, 0.05) is 10.7 Å². The Labute approximate surface area is 179 Å². The van der Waals surface area contributed by atoms with E-state index in [1.807, 2.05) is 50.2 Å². The van der Waals surface area contributed by atoms with Crippen molar-refractivity contribution in [1.29, 1.82) is 0 Å². The van der Waals surface area contributed by atoms with E-state index >= 15 is 0 Å². The monoisotopic (exact) mass is 413 g/mol. The zero-order valence-electron chi connectivity index (χ0n) is 17.8. The zero-order chi connectivity index (χ0) is 20.9. The highest BCUT2D eigenvalue weighted by atomic mass is 35.5. The van der Waals surface area contributed by atoms with Crippen LogP contribution in [0.4, 0.5) is 5.69 Å². The van der Waals surface area contributed by atoms with Gasteiger partial charge in [-0.2, -0.15) is 0 Å². The fourth-order valence-corrected chi connectivity index (χ4v) is 4.76. The Hall–Kier alpha value is -2.00. The largest absolute Gasteiger partial charge is 0.493 e. The number of hydrogen-bond donors (Lipinski definition) is 1. The first kappa shape index (κ1) is 21.7. The third-order valence-corrected chi connectivity index (χ3v) is 6.32. The van der Waals surface area contributed by atoms with Crippen molar-refractivity contribution in [2.24, 2.45) is 0 Å². The Morgan fingerprint density at radius 1 is 1.10 bits per heavy atom. The summed E-state index contributed by atoms with van der Waals surface area (Å²) in [4.78, 5) is 13.6. The lowest BCUT2D eigenvalue weighted by atomic mass is 9.68. The number of ether oxygens (including phenoxy) is 1. The molecule has 0 radical (unpaired) electrons. The van der Waals surface area contributed by atoms with Crippen molar-refractivity contribution < 1.29 is 9.53 Å². The quantitative estimate of drug-likeness (QED) is 0.497. The molecule has 0 saturated heterocycles. The lowest BCUT2D eigenvalue weighted by Crippen LogP contribution is -2.42. The molecule has 3 rings (SSSR count). The van der Waals surface area contributed by atoms with Gasteiger partial charge in [-0.1, -0.05) is 62.4 Å². The SMILES string of the molecule is CCCCOc1c(C)cc(NC(=O)C2(c3ccccc3Cl)CCCCC2)cc1C. The number of aryl methyl sites for hydroxylation is 2. The molecule has 0 aromatic heterocycles. The number of halogens is 1. The normalized spacial score (nSPS) is 15.7. The number of amides is 1. The summed E-state index contributed by atoms with van der Waals surface area (Å²) >= 11 is 6.53. The van der Waals surface area contributed by atoms with Crippen molar-refractivity contribution in [3.05, 3.63) is 58.1 Å². The molecule has 29 heavy (non-hydrogen) atoms. The second-order valence-corrected chi connectivity index (χ2v) is 8.63. The first-order valence-electron chi connectivity index (χ1n) is 10.8. The molecular formula is C25H32ClNO2. The first-order valence-corrected chi connectivity index (χ1v) is 11.2. The first-order chi connectivity index (χ1) is 14.0. The zero-order valence-corrected chi connectivity index (χ0v) is 18.6. The molecule has 1 saturated carbocycles. The topological polar surface area (TPSA) is 38.3 Å². The van der Waals surface area contributed by atoms with E-state index in [0.29, 0.717) is 5.02 Å². The number of hydrogen-bond acceptors (Lipinski definition) is 2. The van der Waals surface area contributed by atoms with E-state index < -0.39 is 5.41 Å². The number of rotatable bonds is 7. The van der Waals surface area contributed by atoms with Gasteiger partial charge in [0.1, 0.15) is 5.75 Å². The molecule has 4 heteroatoms. The van der Waals surface area contributed by atoms with E-state index in [9.17, 15) is 4.79 Å². The van der Waals surface area contributed by atoms with Crippen LogP contribution in [0.2, 0.25) is 5.02 Å². The molecule has 0 atom stereocenters. The molecule has 0 bridgehead atoms. The maximum atomic E-state index is 13.6. The summed E-state index contributed by atoms with van der Waals surface area (Å²) in [6.07, 6.45) is 7.06. The van der Waals surface area contributed by atoms with Crippen molar-refractivity contribution in [2.75, 3.05) is 11.9 Å². The van der Waals surface area contributed by atoms with Gasteiger partial charge in [0.2, 0.25) is 5.91 Å². The standard InChI is InChI=1S/C25H32ClNO2/c1-4-5-15-29-23-18(2)16-20(17-19(23)3)27-24(28)25(13-9-6-10-14-25)21-11-7-8-12-22(21)26/h7-8,11-12,16-17H,4-6,9-10,13-15H2,1-3H3,(H,27,28). The molecule has 0 unspecified atom stereocenters. The summed E-state index contributed by atoms with van der Waals surface area (Å²) in [7, 11) is 0. The summed E-state index contributed by atoms with van der Waals surface area (Å²) in [5.74, 6) is 0.971. The molecule has 2 aromatic rings. The summed E-state index contributed by atoms with van der Waals surface area (Å²) in [6.45, 7) is 6.95. The maximum absolute atomic E-state index is 13.6. The Kier molecular flexibility index (Phi) is 7.23. The van der Waals surface area contributed by atoms with Gasteiger partial charge in [-0.05, 0) is 68.0 Å². The van der Waals surface area contributed by atoms with Crippen LogP contribution in [0.5, 0.6) is 5.75 Å². The number of unbranched alkanes of at least 4 members (excludes halogenated alkanes) is 1. The second kappa shape index (κ2) is 9.67. The van der Waals surface area contributed by atoms with Crippen LogP contribution in [0, 0.1) is 13.8 Å². The summed E-state index contributed by atoms with van der Waals surface area (Å²) in [6, 6.07) is 11.8. The third kappa shape index (κ3) is 4.78. The molecule has 0 spiro atoms. The average Bonchev–Trinajstić information content (AvgIpc) is 2.71. The van der Waals surface area contributed by atoms with Crippen molar-refractivity contribution in [1.82, 2.24) is 0 Å². The summed E-state index contributed by atoms with van der Waals surface area (Å²) < 4.78 is 5.96. The lowest BCUT2D eigenvalue weighted by Gasteiger charge is -2.37. The molecular weight excluding hydrogens is 382 g/mol. The summed E-state index contributed by atoms with van der Waals surface area (Å²) in [5, 5.41) is 3.88. The van der Waals surface area contributed by atoms with Gasteiger partial charge in [-0.3, -0.25) is 4.79 Å². The number of anilines is 1.